The first-order chi connectivity index (χ1) is 10.2. The van der Waals surface area contributed by atoms with E-state index in [1.165, 1.54) is 22.5 Å². The molecule has 0 amide bonds. The van der Waals surface area contributed by atoms with Crippen LogP contribution in [0.25, 0.3) is 0 Å². The molecule has 2 N–H and O–H groups in total. The zero-order valence-electron chi connectivity index (χ0n) is 12.2. The number of nitrogens with zero attached hydrogens (tertiary/aromatic N) is 1. The Kier molecular flexibility index (Phi) is 3.59. The van der Waals surface area contributed by atoms with Crippen molar-refractivity contribution in [3.05, 3.63) is 40.3 Å². The first-order valence-electron chi connectivity index (χ1n) is 6.96. The Bertz CT molecular complexity index is 669. The number of ketones is 1. The summed E-state index contributed by atoms with van der Waals surface area (Å²) in [5.41, 5.74) is 9.20. The second-order valence-electron chi connectivity index (χ2n) is 5.08. The normalized spacial score (nSPS) is 13.3. The number of thiophene rings is 1. The molecule has 0 fully saturated rings. The van der Waals surface area contributed by atoms with E-state index >= 15 is 0 Å². The van der Waals surface area contributed by atoms with Gasteiger partial charge < -0.3 is 15.4 Å². The molecule has 110 valence electrons. The highest BCUT2D eigenvalue weighted by Gasteiger charge is 2.27. The van der Waals surface area contributed by atoms with Crippen LogP contribution in [0, 0.1) is 0 Å². The SMILES string of the molecule is CCC(=O)c1sc(N2Cc3ccccc3C2)c(OC)c1N. The first-order valence-corrected chi connectivity index (χ1v) is 7.78. The van der Waals surface area contributed by atoms with Crippen LogP contribution in [0.3, 0.4) is 0 Å². The molecule has 21 heavy (non-hydrogen) atoms. The molecular weight excluding hydrogens is 284 g/mol. The lowest BCUT2D eigenvalue weighted by Gasteiger charge is -2.16. The summed E-state index contributed by atoms with van der Waals surface area (Å²) in [7, 11) is 1.60. The molecule has 1 aliphatic rings. The van der Waals surface area contributed by atoms with E-state index in [2.05, 4.69) is 17.0 Å². The fraction of sp³-hybridized carbons (Fsp3) is 0.312. The lowest BCUT2D eigenvalue weighted by atomic mass is 10.1. The van der Waals surface area contributed by atoms with Crippen molar-refractivity contribution in [2.24, 2.45) is 0 Å². The number of nitrogens with two attached hydrogens (primary N) is 1. The van der Waals surface area contributed by atoms with Gasteiger partial charge in [-0.3, -0.25) is 4.79 Å². The fourth-order valence-electron chi connectivity index (χ4n) is 2.67. The molecule has 1 aromatic heterocycles. The molecule has 0 saturated heterocycles. The largest absolute Gasteiger partial charge is 0.492 e. The van der Waals surface area contributed by atoms with E-state index in [9.17, 15) is 4.79 Å². The summed E-state index contributed by atoms with van der Waals surface area (Å²) >= 11 is 1.44. The van der Waals surface area contributed by atoms with Crippen molar-refractivity contribution >= 4 is 27.8 Å². The van der Waals surface area contributed by atoms with Gasteiger partial charge in [0.1, 0.15) is 5.00 Å². The maximum atomic E-state index is 12.0. The summed E-state index contributed by atoms with van der Waals surface area (Å²) in [6.45, 7) is 3.50. The second kappa shape index (κ2) is 5.41. The third-order valence-corrected chi connectivity index (χ3v) is 5.08. The number of benzene rings is 1. The van der Waals surface area contributed by atoms with Gasteiger partial charge in [-0.05, 0) is 11.1 Å². The van der Waals surface area contributed by atoms with Crippen LogP contribution in [0.4, 0.5) is 10.7 Å². The van der Waals surface area contributed by atoms with Gasteiger partial charge in [-0.25, -0.2) is 0 Å². The summed E-state index contributed by atoms with van der Waals surface area (Å²) in [6, 6.07) is 8.37. The number of fused-ring (bicyclic) bond motifs is 1. The Morgan fingerprint density at radius 2 is 1.95 bits per heavy atom. The van der Waals surface area contributed by atoms with Crippen molar-refractivity contribution in [1.29, 1.82) is 0 Å². The van der Waals surface area contributed by atoms with Crippen molar-refractivity contribution < 1.29 is 9.53 Å². The van der Waals surface area contributed by atoms with Crippen molar-refractivity contribution in [2.75, 3.05) is 17.7 Å². The van der Waals surface area contributed by atoms with Gasteiger partial charge in [0.05, 0.1) is 17.7 Å². The Balaban J connectivity index is 1.99. The fourth-order valence-corrected chi connectivity index (χ4v) is 3.86. The highest BCUT2D eigenvalue weighted by molar-refractivity contribution is 7.19. The zero-order chi connectivity index (χ0) is 15.0. The Morgan fingerprint density at radius 1 is 1.33 bits per heavy atom. The van der Waals surface area contributed by atoms with E-state index in [0.717, 1.165) is 18.1 Å². The molecule has 4 nitrogen and oxygen atoms in total. The number of rotatable bonds is 4. The number of ether oxygens (including phenoxy) is 1. The molecule has 0 saturated carbocycles. The molecule has 5 heteroatoms. The molecule has 0 aliphatic carbocycles. The summed E-state index contributed by atoms with van der Waals surface area (Å²) in [5, 5.41) is 0.947. The maximum Gasteiger partial charge on any atom is 0.177 e. The molecule has 2 aromatic rings. The van der Waals surface area contributed by atoms with Crippen LogP contribution in [-0.4, -0.2) is 12.9 Å². The summed E-state index contributed by atoms with van der Waals surface area (Å²) < 4.78 is 5.45. The van der Waals surface area contributed by atoms with Crippen LogP contribution in [0.2, 0.25) is 0 Å². The Labute approximate surface area is 128 Å². The Hall–Kier alpha value is -2.01. The molecule has 0 bridgehead atoms. The zero-order valence-corrected chi connectivity index (χ0v) is 13.0. The molecule has 0 spiro atoms. The number of Topliss-reactive ketones (excluding diaryl/α,β-unsaturated/α-hetero) is 1. The standard InChI is InChI=1S/C16H18N2O2S/c1-3-12(19)15-13(17)14(20-2)16(21-15)18-8-10-6-4-5-7-11(10)9-18/h4-7H,3,8-9,17H2,1-2H3. The van der Waals surface area contributed by atoms with Gasteiger partial charge in [0.25, 0.3) is 0 Å². The van der Waals surface area contributed by atoms with Crippen LogP contribution >= 0.6 is 11.3 Å². The minimum atomic E-state index is 0.0683. The summed E-state index contributed by atoms with van der Waals surface area (Å²) in [5.74, 6) is 0.698. The highest BCUT2D eigenvalue weighted by atomic mass is 32.1. The molecule has 0 unspecified atom stereocenters. The lowest BCUT2D eigenvalue weighted by molar-refractivity contribution is 0.0992. The molecule has 1 aromatic carbocycles. The molecule has 0 radical (unpaired) electrons. The topological polar surface area (TPSA) is 55.6 Å². The smallest absolute Gasteiger partial charge is 0.177 e. The van der Waals surface area contributed by atoms with Gasteiger partial charge in [-0.1, -0.05) is 31.2 Å². The van der Waals surface area contributed by atoms with Gasteiger partial charge in [-0.15, -0.1) is 11.3 Å². The second-order valence-corrected chi connectivity index (χ2v) is 6.08. The summed E-state index contributed by atoms with van der Waals surface area (Å²) in [4.78, 5) is 14.8. The van der Waals surface area contributed by atoms with Gasteiger partial charge in [0.15, 0.2) is 11.5 Å². The minimum absolute atomic E-state index is 0.0683. The first kappa shape index (κ1) is 13.9. The van der Waals surface area contributed by atoms with E-state index in [4.69, 9.17) is 10.5 Å². The van der Waals surface area contributed by atoms with Crippen LogP contribution in [0.1, 0.15) is 34.1 Å². The number of carbonyl (C=O) groups excluding carboxylic acids is 1. The van der Waals surface area contributed by atoms with Crippen molar-refractivity contribution in [1.82, 2.24) is 0 Å². The van der Waals surface area contributed by atoms with Crippen molar-refractivity contribution in [2.45, 2.75) is 26.4 Å². The predicted molar refractivity (Wildman–Crippen MR) is 86.2 cm³/mol. The van der Waals surface area contributed by atoms with Gasteiger partial charge in [0.2, 0.25) is 0 Å². The minimum Gasteiger partial charge on any atom is -0.492 e. The quantitative estimate of drug-likeness (QED) is 0.879. The van der Waals surface area contributed by atoms with Crippen LogP contribution in [0.15, 0.2) is 24.3 Å². The monoisotopic (exact) mass is 302 g/mol. The molecule has 2 heterocycles. The lowest BCUT2D eigenvalue weighted by Crippen LogP contribution is -2.13. The number of nitrogen functional groups attached to an aromatic ring is 1. The van der Waals surface area contributed by atoms with Gasteiger partial charge in [-0.2, -0.15) is 0 Å². The predicted octanol–water partition coefficient (Wildman–Crippen LogP) is 3.45. The third-order valence-electron chi connectivity index (χ3n) is 3.79. The third kappa shape index (κ3) is 2.27. The van der Waals surface area contributed by atoms with Crippen LogP contribution in [0.5, 0.6) is 5.75 Å². The van der Waals surface area contributed by atoms with Crippen LogP contribution in [-0.2, 0) is 13.1 Å². The van der Waals surface area contributed by atoms with E-state index in [1.54, 1.807) is 7.11 Å². The van der Waals surface area contributed by atoms with Gasteiger partial charge in [0, 0.05) is 19.5 Å². The molecular formula is C16H18N2O2S. The number of carbonyl (C=O) groups is 1. The van der Waals surface area contributed by atoms with Crippen molar-refractivity contribution in [3.8, 4) is 5.75 Å². The number of methoxy groups -OCH3 is 1. The summed E-state index contributed by atoms with van der Waals surface area (Å²) in [6.07, 6.45) is 0.452. The average molecular weight is 302 g/mol. The number of hydrogen-bond donors (Lipinski definition) is 1. The Morgan fingerprint density at radius 3 is 2.48 bits per heavy atom. The average Bonchev–Trinajstić information content (AvgIpc) is 3.06. The molecule has 1 aliphatic heterocycles. The van der Waals surface area contributed by atoms with Crippen molar-refractivity contribution in [3.63, 3.8) is 0 Å². The van der Waals surface area contributed by atoms with E-state index in [0.29, 0.717) is 22.7 Å². The number of hydrogen-bond acceptors (Lipinski definition) is 5. The molecule has 0 atom stereocenters. The van der Waals surface area contributed by atoms with Gasteiger partial charge >= 0.3 is 0 Å². The van der Waals surface area contributed by atoms with Crippen LogP contribution < -0.4 is 15.4 Å². The van der Waals surface area contributed by atoms with E-state index < -0.39 is 0 Å². The van der Waals surface area contributed by atoms with E-state index in [1.807, 2.05) is 19.1 Å². The maximum absolute atomic E-state index is 12.0. The number of anilines is 2. The molecule has 3 rings (SSSR count). The van der Waals surface area contributed by atoms with E-state index in [-0.39, 0.29) is 5.78 Å². The highest BCUT2D eigenvalue weighted by Crippen LogP contribution is 2.47.